The highest BCUT2D eigenvalue weighted by Gasteiger charge is 2.38. The Bertz CT molecular complexity index is 416. The van der Waals surface area contributed by atoms with Gasteiger partial charge in [0.2, 0.25) is 0 Å². The van der Waals surface area contributed by atoms with Gasteiger partial charge < -0.3 is 5.73 Å². The van der Waals surface area contributed by atoms with Crippen LogP contribution in [-0.2, 0) is 6.18 Å². The highest BCUT2D eigenvalue weighted by Crippen LogP contribution is 2.36. The van der Waals surface area contributed by atoms with Gasteiger partial charge >= 0.3 is 6.18 Å². The summed E-state index contributed by atoms with van der Waals surface area (Å²) >= 11 is 0. The zero-order valence-corrected chi connectivity index (χ0v) is 7.55. The van der Waals surface area contributed by atoms with Gasteiger partial charge in [-0.15, -0.1) is 0 Å². The number of rotatable bonds is 2. The molecule has 0 atom stereocenters. The Balaban J connectivity index is 3.48. The Hall–Kier alpha value is -1.73. The zero-order chi connectivity index (χ0) is 12.5. The number of aldehydes is 1. The Morgan fingerprint density at radius 2 is 1.94 bits per heavy atom. The average Bonchev–Trinajstić information content (AvgIpc) is 2.15. The first-order valence-corrected chi connectivity index (χ1v) is 3.88. The van der Waals surface area contributed by atoms with Crippen LogP contribution in [0.2, 0.25) is 0 Å². The number of nitrogen functional groups attached to an aromatic ring is 1. The van der Waals surface area contributed by atoms with Crippen molar-refractivity contribution in [3.8, 4) is 0 Å². The van der Waals surface area contributed by atoms with Gasteiger partial charge in [-0.1, -0.05) is 0 Å². The average molecular weight is 240 g/mol. The Kier molecular flexibility index (Phi) is 3.11. The number of hydrogen-bond acceptors (Lipinski definition) is 3. The fourth-order valence-electron chi connectivity index (χ4n) is 1.05. The molecule has 1 aromatic rings. The summed E-state index contributed by atoms with van der Waals surface area (Å²) < 4.78 is 61.5. The second kappa shape index (κ2) is 4.03. The van der Waals surface area contributed by atoms with Gasteiger partial charge in [0, 0.05) is 5.56 Å². The molecule has 1 heterocycles. The van der Waals surface area contributed by atoms with Crippen LogP contribution in [0.1, 0.15) is 28.0 Å². The first kappa shape index (κ1) is 12.3. The SMILES string of the molecule is Nc1nc(C(F)(F)F)c(C(F)F)cc1C=O. The molecule has 0 aliphatic rings. The van der Waals surface area contributed by atoms with E-state index in [4.69, 9.17) is 5.73 Å². The lowest BCUT2D eigenvalue weighted by Crippen LogP contribution is -2.15. The molecule has 0 unspecified atom stereocenters. The van der Waals surface area contributed by atoms with E-state index in [-0.39, 0.29) is 6.29 Å². The number of anilines is 1. The van der Waals surface area contributed by atoms with Crippen molar-refractivity contribution in [3.63, 3.8) is 0 Å². The van der Waals surface area contributed by atoms with Crippen LogP contribution >= 0.6 is 0 Å². The Morgan fingerprint density at radius 1 is 1.38 bits per heavy atom. The van der Waals surface area contributed by atoms with Crippen LogP contribution in [0, 0.1) is 0 Å². The van der Waals surface area contributed by atoms with E-state index in [2.05, 4.69) is 4.98 Å². The minimum absolute atomic E-state index is 0.0639. The number of carbonyl (C=O) groups excluding carboxylic acids is 1. The molecule has 0 saturated heterocycles. The second-order valence-corrected chi connectivity index (χ2v) is 2.82. The summed E-state index contributed by atoms with van der Waals surface area (Å²) in [4.78, 5) is 13.1. The third kappa shape index (κ3) is 2.26. The van der Waals surface area contributed by atoms with E-state index in [1.807, 2.05) is 0 Å². The summed E-state index contributed by atoms with van der Waals surface area (Å²) in [6.07, 6.45) is -8.36. The molecule has 16 heavy (non-hydrogen) atoms. The van der Waals surface area contributed by atoms with Gasteiger partial charge in [0.1, 0.15) is 5.82 Å². The van der Waals surface area contributed by atoms with E-state index in [1.54, 1.807) is 0 Å². The molecule has 0 aliphatic carbocycles. The zero-order valence-electron chi connectivity index (χ0n) is 7.55. The number of pyridine rings is 1. The molecule has 88 valence electrons. The van der Waals surface area contributed by atoms with E-state index >= 15 is 0 Å². The van der Waals surface area contributed by atoms with Crippen LogP contribution in [-0.4, -0.2) is 11.3 Å². The van der Waals surface area contributed by atoms with Crippen LogP contribution in [0.15, 0.2) is 6.07 Å². The monoisotopic (exact) mass is 240 g/mol. The van der Waals surface area contributed by atoms with E-state index in [0.717, 1.165) is 0 Å². The van der Waals surface area contributed by atoms with Crippen molar-refractivity contribution < 1.29 is 26.7 Å². The van der Waals surface area contributed by atoms with Crippen LogP contribution in [0.3, 0.4) is 0 Å². The lowest BCUT2D eigenvalue weighted by molar-refractivity contribution is -0.143. The van der Waals surface area contributed by atoms with Gasteiger partial charge in [0.05, 0.1) is 5.56 Å². The second-order valence-electron chi connectivity index (χ2n) is 2.82. The lowest BCUT2D eigenvalue weighted by atomic mass is 10.1. The summed E-state index contributed by atoms with van der Waals surface area (Å²) in [7, 11) is 0. The smallest absolute Gasteiger partial charge is 0.383 e. The van der Waals surface area contributed by atoms with Gasteiger partial charge in [-0.05, 0) is 6.07 Å². The predicted molar refractivity (Wildman–Crippen MR) is 44.0 cm³/mol. The van der Waals surface area contributed by atoms with Gasteiger partial charge in [0.15, 0.2) is 12.0 Å². The molecule has 3 nitrogen and oxygen atoms in total. The van der Waals surface area contributed by atoms with Crippen LogP contribution in [0.5, 0.6) is 0 Å². The third-order valence-electron chi connectivity index (χ3n) is 1.74. The molecular weight excluding hydrogens is 235 g/mol. The maximum Gasteiger partial charge on any atom is 0.433 e. The third-order valence-corrected chi connectivity index (χ3v) is 1.74. The van der Waals surface area contributed by atoms with E-state index in [1.165, 1.54) is 0 Å². The largest absolute Gasteiger partial charge is 0.433 e. The van der Waals surface area contributed by atoms with Crippen LogP contribution in [0.4, 0.5) is 27.8 Å². The van der Waals surface area contributed by atoms with Crippen molar-refractivity contribution in [3.05, 3.63) is 22.9 Å². The molecule has 8 heteroatoms. The molecule has 0 aliphatic heterocycles. The van der Waals surface area contributed by atoms with Crippen LogP contribution in [0.25, 0.3) is 0 Å². The maximum absolute atomic E-state index is 12.3. The quantitative estimate of drug-likeness (QED) is 0.638. The number of nitrogens with two attached hydrogens (primary N) is 1. The van der Waals surface area contributed by atoms with Crippen molar-refractivity contribution >= 4 is 12.1 Å². The van der Waals surface area contributed by atoms with Crippen molar-refractivity contribution in [1.82, 2.24) is 4.98 Å². The molecule has 0 spiro atoms. The first-order chi connectivity index (χ1) is 7.27. The molecule has 0 amide bonds. The molecule has 0 radical (unpaired) electrons. The van der Waals surface area contributed by atoms with Gasteiger partial charge in [-0.3, -0.25) is 4.79 Å². The number of alkyl halides is 5. The molecule has 0 aromatic carbocycles. The normalized spacial score (nSPS) is 11.9. The molecule has 0 bridgehead atoms. The number of carbonyl (C=O) groups is 1. The summed E-state index contributed by atoms with van der Waals surface area (Å²) in [5, 5.41) is 0. The van der Waals surface area contributed by atoms with E-state index < -0.39 is 35.2 Å². The van der Waals surface area contributed by atoms with Gasteiger partial charge in [-0.25, -0.2) is 13.8 Å². The topological polar surface area (TPSA) is 56.0 Å². The number of nitrogens with zero attached hydrogens (tertiary/aromatic N) is 1. The number of hydrogen-bond donors (Lipinski definition) is 1. The number of aromatic nitrogens is 1. The lowest BCUT2D eigenvalue weighted by Gasteiger charge is -2.12. The summed E-state index contributed by atoms with van der Waals surface area (Å²) in [5.74, 6) is -0.730. The van der Waals surface area contributed by atoms with Crippen molar-refractivity contribution in [2.24, 2.45) is 0 Å². The molecule has 0 fully saturated rings. The van der Waals surface area contributed by atoms with Gasteiger partial charge in [0.25, 0.3) is 6.43 Å². The number of halogens is 5. The minimum atomic E-state index is -5.04. The summed E-state index contributed by atoms with van der Waals surface area (Å²) in [6, 6.07) is 0.392. The van der Waals surface area contributed by atoms with Crippen molar-refractivity contribution in [1.29, 1.82) is 0 Å². The van der Waals surface area contributed by atoms with E-state index in [0.29, 0.717) is 6.07 Å². The molecule has 1 rings (SSSR count). The molecule has 2 N–H and O–H groups in total. The maximum atomic E-state index is 12.3. The summed E-state index contributed by atoms with van der Waals surface area (Å²) in [6.45, 7) is 0. The summed E-state index contributed by atoms with van der Waals surface area (Å²) in [5.41, 5.74) is 1.38. The van der Waals surface area contributed by atoms with Crippen molar-refractivity contribution in [2.75, 3.05) is 5.73 Å². The molecule has 1 aromatic heterocycles. The van der Waals surface area contributed by atoms with Crippen LogP contribution < -0.4 is 5.73 Å². The predicted octanol–water partition coefficient (Wildman–Crippen LogP) is 2.43. The standard InChI is InChI=1S/C8H5F5N2O/c9-6(10)4-1-3(2-16)7(14)15-5(4)8(11,12)13/h1-2,6H,(H2,14,15). The highest BCUT2D eigenvalue weighted by atomic mass is 19.4. The Morgan fingerprint density at radius 3 is 2.31 bits per heavy atom. The first-order valence-electron chi connectivity index (χ1n) is 3.88. The molecule has 0 saturated carbocycles. The Labute approximate surface area is 86.1 Å². The highest BCUT2D eigenvalue weighted by molar-refractivity contribution is 5.82. The fourth-order valence-corrected chi connectivity index (χ4v) is 1.05. The van der Waals surface area contributed by atoms with Gasteiger partial charge in [-0.2, -0.15) is 13.2 Å². The minimum Gasteiger partial charge on any atom is -0.383 e. The fraction of sp³-hybridized carbons (Fsp3) is 0.250. The van der Waals surface area contributed by atoms with E-state index in [9.17, 15) is 26.7 Å². The molecular formula is C8H5F5N2O. The van der Waals surface area contributed by atoms with Crippen molar-refractivity contribution in [2.45, 2.75) is 12.6 Å².